The highest BCUT2D eigenvalue weighted by molar-refractivity contribution is 7.76. The van der Waals surface area contributed by atoms with Crippen molar-refractivity contribution in [1.82, 2.24) is 0 Å². The van der Waals surface area contributed by atoms with Gasteiger partial charge in [-0.2, -0.15) is 4.79 Å². The van der Waals surface area contributed by atoms with E-state index in [1.54, 1.807) is 27.7 Å². The van der Waals surface area contributed by atoms with E-state index in [9.17, 15) is 16.8 Å². The number of hydrogen-bond acceptors (Lipinski definition) is 4. The summed E-state index contributed by atoms with van der Waals surface area (Å²) in [4.78, 5) is 2.92. The Hall–Kier alpha value is -0.720. The molecule has 0 radical (unpaired) electrons. The number of thiol groups is 2. The number of hydrogen-bond donors (Lipinski definition) is 2. The van der Waals surface area contributed by atoms with Crippen LogP contribution in [0.4, 0.5) is 0 Å². The lowest BCUT2D eigenvalue weighted by Crippen LogP contribution is -2.41. The molecule has 0 saturated heterocycles. The van der Waals surface area contributed by atoms with Crippen LogP contribution >= 0.6 is 0 Å². The van der Waals surface area contributed by atoms with Gasteiger partial charge in [0.2, 0.25) is 0 Å². The van der Waals surface area contributed by atoms with Crippen molar-refractivity contribution in [2.45, 2.75) is 38.2 Å². The smallest absolute Gasteiger partial charge is 0.304 e. The second-order valence-electron chi connectivity index (χ2n) is 4.47. The zero-order valence-corrected chi connectivity index (χ0v) is 12.0. The molecule has 0 heterocycles. The van der Waals surface area contributed by atoms with Crippen molar-refractivity contribution in [2.24, 2.45) is 11.8 Å². The van der Waals surface area contributed by atoms with Gasteiger partial charge in [-0.15, -0.1) is 0 Å². The van der Waals surface area contributed by atoms with Crippen LogP contribution in [0.15, 0.2) is 0 Å². The van der Waals surface area contributed by atoms with Crippen LogP contribution in [0, 0.1) is 11.8 Å². The van der Waals surface area contributed by atoms with Gasteiger partial charge in [-0.25, -0.2) is 16.8 Å². The molecule has 0 aliphatic carbocycles. The molecule has 6 nitrogen and oxygen atoms in total. The first kappa shape index (κ1) is 16.3. The minimum absolute atomic E-state index is 0.192. The molecule has 0 saturated carbocycles. The molecular weight excluding hydrogens is 264 g/mol. The average Bonchev–Trinajstić information content (AvgIpc) is 2.13. The third kappa shape index (κ3) is 4.22. The Bertz CT molecular complexity index is 408. The van der Waals surface area contributed by atoms with Crippen molar-refractivity contribution in [3.05, 3.63) is 5.53 Å². The van der Waals surface area contributed by atoms with Crippen molar-refractivity contribution < 1.29 is 21.6 Å². The Balaban J connectivity index is 5.68. The van der Waals surface area contributed by atoms with Crippen molar-refractivity contribution >= 4 is 27.1 Å². The summed E-state index contributed by atoms with van der Waals surface area (Å²) in [6.45, 7) is 6.54. The molecule has 0 N–H and O–H groups in total. The Morgan fingerprint density at radius 1 is 0.882 bits per heavy atom. The second kappa shape index (κ2) is 6.88. The third-order valence-corrected chi connectivity index (χ3v) is 5.07. The SMILES string of the molecule is CC(C)C(C(=[N+]=[N-])C(C(C)C)[SH](=O)=O)[SH](=O)=O. The first-order valence-corrected chi connectivity index (χ1v) is 7.72. The summed E-state index contributed by atoms with van der Waals surface area (Å²) >= 11 is 0. The number of rotatable bonds is 6. The monoisotopic (exact) mass is 282 g/mol. The molecular formula is C9H18N2O4S2. The summed E-state index contributed by atoms with van der Waals surface area (Å²) in [5, 5.41) is -2.12. The Morgan fingerprint density at radius 2 is 1.18 bits per heavy atom. The minimum Gasteiger partial charge on any atom is -0.361 e. The predicted molar refractivity (Wildman–Crippen MR) is 66.5 cm³/mol. The summed E-state index contributed by atoms with van der Waals surface area (Å²) in [7, 11) is -5.78. The normalized spacial score (nSPS) is 15.3. The van der Waals surface area contributed by atoms with E-state index < -0.39 is 31.9 Å². The maximum absolute atomic E-state index is 11.1. The molecule has 8 heteroatoms. The van der Waals surface area contributed by atoms with Crippen molar-refractivity contribution in [2.75, 3.05) is 0 Å². The summed E-state index contributed by atoms with van der Waals surface area (Å²) in [5.74, 6) is -0.698. The highest BCUT2D eigenvalue weighted by Gasteiger charge is 2.40. The van der Waals surface area contributed by atoms with Crippen LogP contribution in [-0.2, 0) is 21.4 Å². The van der Waals surface area contributed by atoms with E-state index in [1.165, 1.54) is 0 Å². The van der Waals surface area contributed by atoms with Crippen molar-refractivity contribution in [3.63, 3.8) is 0 Å². The van der Waals surface area contributed by atoms with Gasteiger partial charge < -0.3 is 5.53 Å². The fourth-order valence-corrected chi connectivity index (χ4v) is 3.63. The molecule has 17 heavy (non-hydrogen) atoms. The fraction of sp³-hybridized carbons (Fsp3) is 0.889. The summed E-state index contributed by atoms with van der Waals surface area (Å²) < 4.78 is 44.6. The molecule has 0 aliphatic heterocycles. The van der Waals surface area contributed by atoms with Gasteiger partial charge in [0.15, 0.2) is 31.9 Å². The van der Waals surface area contributed by atoms with Crippen LogP contribution in [0.1, 0.15) is 27.7 Å². The van der Waals surface area contributed by atoms with Crippen LogP contribution in [0.5, 0.6) is 0 Å². The van der Waals surface area contributed by atoms with Crippen LogP contribution < -0.4 is 0 Å². The molecule has 0 rings (SSSR count). The summed E-state index contributed by atoms with van der Waals surface area (Å²) in [6, 6.07) is 0. The fourth-order valence-electron chi connectivity index (χ4n) is 1.68. The molecule has 0 aromatic carbocycles. The maximum atomic E-state index is 11.1. The van der Waals surface area contributed by atoms with E-state index in [1.807, 2.05) is 0 Å². The molecule has 0 amide bonds. The Kier molecular flexibility index (Phi) is 6.59. The van der Waals surface area contributed by atoms with Crippen LogP contribution in [-0.4, -0.2) is 37.8 Å². The average molecular weight is 282 g/mol. The van der Waals surface area contributed by atoms with Gasteiger partial charge in [-0.05, 0) is 11.8 Å². The molecule has 0 aliphatic rings. The highest BCUT2D eigenvalue weighted by atomic mass is 32.2. The van der Waals surface area contributed by atoms with Gasteiger partial charge in [0.05, 0.1) is 0 Å². The van der Waals surface area contributed by atoms with Gasteiger partial charge in [0.1, 0.15) is 0 Å². The second-order valence-corrected chi connectivity index (χ2v) is 6.73. The number of nitrogens with zero attached hydrogens (tertiary/aromatic N) is 2. The van der Waals surface area contributed by atoms with Crippen molar-refractivity contribution in [1.29, 1.82) is 0 Å². The first-order chi connectivity index (χ1) is 7.73. The van der Waals surface area contributed by atoms with E-state index in [2.05, 4.69) is 4.79 Å². The van der Waals surface area contributed by atoms with Gasteiger partial charge in [-0.3, -0.25) is 0 Å². The summed E-state index contributed by atoms with van der Waals surface area (Å²) in [6.07, 6.45) is 0. The van der Waals surface area contributed by atoms with E-state index in [0.29, 0.717) is 0 Å². The molecule has 0 aromatic heterocycles. The molecule has 2 unspecified atom stereocenters. The van der Waals surface area contributed by atoms with Crippen LogP contribution in [0.3, 0.4) is 0 Å². The Labute approximate surface area is 105 Å². The topological polar surface area (TPSA) is 105 Å². The van der Waals surface area contributed by atoms with E-state index >= 15 is 0 Å². The molecule has 0 spiro atoms. The zero-order valence-electron chi connectivity index (χ0n) is 10.2. The predicted octanol–water partition coefficient (Wildman–Crippen LogP) is -0.0708. The van der Waals surface area contributed by atoms with E-state index in [4.69, 9.17) is 5.53 Å². The zero-order chi connectivity index (χ0) is 13.7. The molecule has 2 atom stereocenters. The molecule has 0 aromatic rings. The largest absolute Gasteiger partial charge is 0.361 e. The lowest BCUT2D eigenvalue weighted by Gasteiger charge is -2.16. The molecule has 0 fully saturated rings. The molecule has 0 bridgehead atoms. The lowest BCUT2D eigenvalue weighted by atomic mass is 9.97. The van der Waals surface area contributed by atoms with Gasteiger partial charge >= 0.3 is 5.71 Å². The first-order valence-electron chi connectivity index (χ1n) is 5.22. The lowest BCUT2D eigenvalue weighted by molar-refractivity contribution is -0.0123. The van der Waals surface area contributed by atoms with Crippen molar-refractivity contribution in [3.8, 4) is 0 Å². The highest BCUT2D eigenvalue weighted by Crippen LogP contribution is 2.16. The minimum atomic E-state index is -2.89. The third-order valence-electron chi connectivity index (χ3n) is 2.44. The van der Waals surface area contributed by atoms with Crippen LogP contribution in [0.25, 0.3) is 5.53 Å². The Morgan fingerprint density at radius 3 is 1.29 bits per heavy atom. The van der Waals surface area contributed by atoms with Gasteiger partial charge in [0, 0.05) is 0 Å². The van der Waals surface area contributed by atoms with Crippen LogP contribution in [0.2, 0.25) is 0 Å². The molecule has 100 valence electrons. The quantitative estimate of drug-likeness (QED) is 0.308. The summed E-state index contributed by atoms with van der Waals surface area (Å²) in [5.41, 5.74) is 8.72. The maximum Gasteiger partial charge on any atom is 0.304 e. The van der Waals surface area contributed by atoms with Gasteiger partial charge in [0.25, 0.3) is 0 Å². The standard InChI is InChI=1S/C9H18N2O4S2/c1-5(2)8(16(12)13)7(11-10)9(6(3)4)17(14)15/h5-6,8-9,16-17H,1-4H3. The van der Waals surface area contributed by atoms with E-state index in [0.717, 1.165) is 0 Å². The van der Waals surface area contributed by atoms with E-state index in [-0.39, 0.29) is 17.5 Å². The van der Waals surface area contributed by atoms with Gasteiger partial charge in [-0.1, -0.05) is 27.7 Å².